The van der Waals surface area contributed by atoms with E-state index in [2.05, 4.69) is 0 Å². The van der Waals surface area contributed by atoms with Crippen molar-refractivity contribution in [2.45, 2.75) is 39.2 Å². The molecule has 0 aromatic carbocycles. The lowest BCUT2D eigenvalue weighted by Gasteiger charge is -2.20. The third-order valence-corrected chi connectivity index (χ3v) is 1.87. The molecule has 0 aromatic heterocycles. The van der Waals surface area contributed by atoms with Crippen molar-refractivity contribution in [1.29, 1.82) is 0 Å². The number of rotatable bonds is 7. The van der Waals surface area contributed by atoms with E-state index in [0.29, 0.717) is 32.7 Å². The van der Waals surface area contributed by atoms with Crippen LogP contribution in [0.15, 0.2) is 0 Å². The van der Waals surface area contributed by atoms with Gasteiger partial charge in [-0.25, -0.2) is 4.79 Å². The molecule has 0 radical (unpaired) electrons. The molecular weight excluding hydrogens is 184 g/mol. The summed E-state index contributed by atoms with van der Waals surface area (Å²) in [7, 11) is 0. The molecule has 0 aromatic rings. The van der Waals surface area contributed by atoms with E-state index in [9.17, 15) is 9.90 Å². The van der Waals surface area contributed by atoms with Crippen LogP contribution in [0.2, 0.25) is 0 Å². The first kappa shape index (κ1) is 13.4. The zero-order valence-corrected chi connectivity index (χ0v) is 9.21. The van der Waals surface area contributed by atoms with Gasteiger partial charge in [0.1, 0.15) is 0 Å². The molecule has 4 heteroatoms. The predicted octanol–water partition coefficient (Wildman–Crippen LogP) is 1.12. The molecule has 0 fully saturated rings. The molecule has 0 amide bonds. The van der Waals surface area contributed by atoms with Gasteiger partial charge in [0.15, 0.2) is 5.60 Å². The topological polar surface area (TPSA) is 55.8 Å². The molecular formula is C10H20O4. The van der Waals surface area contributed by atoms with Gasteiger partial charge in [0, 0.05) is 13.2 Å². The Morgan fingerprint density at radius 2 is 2.00 bits per heavy atom. The highest BCUT2D eigenvalue weighted by molar-refractivity contribution is 5.78. The zero-order chi connectivity index (χ0) is 11.0. The molecule has 1 N–H and O–H groups in total. The van der Waals surface area contributed by atoms with Gasteiger partial charge in [-0.3, -0.25) is 0 Å². The normalized spacial score (nSPS) is 14.9. The molecule has 0 bridgehead atoms. The Morgan fingerprint density at radius 1 is 1.36 bits per heavy atom. The van der Waals surface area contributed by atoms with E-state index in [1.807, 2.05) is 6.92 Å². The number of esters is 1. The SMILES string of the molecule is CCOCCCC(C)(O)C(=O)OCC. The van der Waals surface area contributed by atoms with Gasteiger partial charge in [-0.15, -0.1) is 0 Å². The molecule has 84 valence electrons. The summed E-state index contributed by atoms with van der Waals surface area (Å²) < 4.78 is 9.84. The van der Waals surface area contributed by atoms with Crippen LogP contribution in [0.5, 0.6) is 0 Å². The fraction of sp³-hybridized carbons (Fsp3) is 0.900. The van der Waals surface area contributed by atoms with Gasteiger partial charge in [0.2, 0.25) is 0 Å². The minimum absolute atomic E-state index is 0.292. The van der Waals surface area contributed by atoms with Gasteiger partial charge < -0.3 is 14.6 Å². The van der Waals surface area contributed by atoms with Crippen molar-refractivity contribution < 1.29 is 19.4 Å². The molecule has 14 heavy (non-hydrogen) atoms. The first-order valence-corrected chi connectivity index (χ1v) is 5.02. The Hall–Kier alpha value is -0.610. The average Bonchev–Trinajstić information content (AvgIpc) is 2.13. The lowest BCUT2D eigenvalue weighted by atomic mass is 10.0. The second-order valence-electron chi connectivity index (χ2n) is 3.29. The van der Waals surface area contributed by atoms with Crippen molar-refractivity contribution in [3.05, 3.63) is 0 Å². The Bertz CT molecular complexity index is 166. The smallest absolute Gasteiger partial charge is 0.337 e. The van der Waals surface area contributed by atoms with Gasteiger partial charge in [-0.2, -0.15) is 0 Å². The van der Waals surface area contributed by atoms with Crippen LogP contribution in [0.4, 0.5) is 0 Å². The maximum atomic E-state index is 11.2. The maximum Gasteiger partial charge on any atom is 0.337 e. The Morgan fingerprint density at radius 3 is 2.50 bits per heavy atom. The molecule has 0 spiro atoms. The van der Waals surface area contributed by atoms with Gasteiger partial charge >= 0.3 is 5.97 Å². The van der Waals surface area contributed by atoms with Crippen molar-refractivity contribution >= 4 is 5.97 Å². The van der Waals surface area contributed by atoms with Crippen LogP contribution in [-0.4, -0.2) is 36.5 Å². The molecule has 0 rings (SSSR count). The highest BCUT2D eigenvalue weighted by atomic mass is 16.5. The summed E-state index contributed by atoms with van der Waals surface area (Å²) >= 11 is 0. The number of ether oxygens (including phenoxy) is 2. The first-order chi connectivity index (χ1) is 6.54. The second kappa shape index (κ2) is 6.79. The number of carbonyl (C=O) groups is 1. The molecule has 1 atom stereocenters. The summed E-state index contributed by atoms with van der Waals surface area (Å²) in [6.45, 7) is 6.60. The van der Waals surface area contributed by atoms with Gasteiger partial charge in [0.05, 0.1) is 6.61 Å². The number of hydrogen-bond acceptors (Lipinski definition) is 4. The second-order valence-corrected chi connectivity index (χ2v) is 3.29. The van der Waals surface area contributed by atoms with Crippen molar-refractivity contribution in [1.82, 2.24) is 0 Å². The third-order valence-electron chi connectivity index (χ3n) is 1.87. The van der Waals surface area contributed by atoms with Gasteiger partial charge in [0.25, 0.3) is 0 Å². The van der Waals surface area contributed by atoms with E-state index in [4.69, 9.17) is 9.47 Å². The molecule has 4 nitrogen and oxygen atoms in total. The lowest BCUT2D eigenvalue weighted by molar-refractivity contribution is -0.164. The van der Waals surface area contributed by atoms with Gasteiger partial charge in [-0.05, 0) is 33.6 Å². The van der Waals surface area contributed by atoms with E-state index in [1.165, 1.54) is 6.92 Å². The Labute approximate surface area is 85.2 Å². The molecule has 0 aliphatic heterocycles. The zero-order valence-electron chi connectivity index (χ0n) is 9.21. The quantitative estimate of drug-likeness (QED) is 0.498. The van der Waals surface area contributed by atoms with Crippen LogP contribution in [-0.2, 0) is 14.3 Å². The molecule has 0 aliphatic rings. The fourth-order valence-corrected chi connectivity index (χ4v) is 1.05. The molecule has 1 unspecified atom stereocenters. The summed E-state index contributed by atoms with van der Waals surface area (Å²) in [4.78, 5) is 11.2. The van der Waals surface area contributed by atoms with Crippen LogP contribution in [0.1, 0.15) is 33.6 Å². The number of carbonyl (C=O) groups excluding carboxylic acids is 1. The van der Waals surface area contributed by atoms with Crippen LogP contribution in [0.3, 0.4) is 0 Å². The highest BCUT2D eigenvalue weighted by Crippen LogP contribution is 2.14. The monoisotopic (exact) mass is 204 g/mol. The van der Waals surface area contributed by atoms with E-state index in [1.54, 1.807) is 6.92 Å². The van der Waals surface area contributed by atoms with Crippen LogP contribution >= 0.6 is 0 Å². The van der Waals surface area contributed by atoms with Crippen LogP contribution in [0.25, 0.3) is 0 Å². The first-order valence-electron chi connectivity index (χ1n) is 5.02. The van der Waals surface area contributed by atoms with E-state index in [-0.39, 0.29) is 0 Å². The van der Waals surface area contributed by atoms with Crippen LogP contribution < -0.4 is 0 Å². The standard InChI is InChI=1S/C10H20O4/c1-4-13-8-6-7-10(3,12)9(11)14-5-2/h12H,4-8H2,1-3H3. The summed E-state index contributed by atoms with van der Waals surface area (Å²) in [6, 6.07) is 0. The number of aliphatic hydroxyl groups is 1. The van der Waals surface area contributed by atoms with Crippen molar-refractivity contribution in [3.63, 3.8) is 0 Å². The van der Waals surface area contributed by atoms with E-state index >= 15 is 0 Å². The van der Waals surface area contributed by atoms with Crippen molar-refractivity contribution in [2.75, 3.05) is 19.8 Å². The minimum Gasteiger partial charge on any atom is -0.464 e. The Kier molecular flexibility index (Phi) is 6.49. The largest absolute Gasteiger partial charge is 0.464 e. The van der Waals surface area contributed by atoms with Crippen LogP contribution in [0, 0.1) is 0 Å². The number of hydrogen-bond donors (Lipinski definition) is 1. The van der Waals surface area contributed by atoms with E-state index in [0.717, 1.165) is 0 Å². The minimum atomic E-state index is -1.38. The summed E-state index contributed by atoms with van der Waals surface area (Å²) in [5, 5.41) is 9.68. The molecule has 0 heterocycles. The average molecular weight is 204 g/mol. The highest BCUT2D eigenvalue weighted by Gasteiger charge is 2.30. The van der Waals surface area contributed by atoms with Crippen molar-refractivity contribution in [3.8, 4) is 0 Å². The maximum absolute atomic E-state index is 11.2. The summed E-state index contributed by atoms with van der Waals surface area (Å²) in [6.07, 6.45) is 1.02. The summed E-state index contributed by atoms with van der Waals surface area (Å²) in [5.41, 5.74) is -1.38. The fourth-order valence-electron chi connectivity index (χ4n) is 1.05. The third kappa shape index (κ3) is 5.19. The Balaban J connectivity index is 3.76. The predicted molar refractivity (Wildman–Crippen MR) is 53.0 cm³/mol. The molecule has 0 saturated carbocycles. The van der Waals surface area contributed by atoms with Crippen molar-refractivity contribution in [2.24, 2.45) is 0 Å². The van der Waals surface area contributed by atoms with E-state index < -0.39 is 11.6 Å². The summed E-state index contributed by atoms with van der Waals surface area (Å²) in [5.74, 6) is -0.559. The van der Waals surface area contributed by atoms with Gasteiger partial charge in [-0.1, -0.05) is 0 Å². The lowest BCUT2D eigenvalue weighted by Crippen LogP contribution is -2.37. The molecule has 0 aliphatic carbocycles. The molecule has 0 saturated heterocycles.